The summed E-state index contributed by atoms with van der Waals surface area (Å²) in [6.07, 6.45) is 8.28. The summed E-state index contributed by atoms with van der Waals surface area (Å²) in [4.78, 5) is 12.7. The topological polar surface area (TPSA) is 55.1 Å². The van der Waals surface area contributed by atoms with Gasteiger partial charge in [-0.05, 0) is 43.4 Å². The molecule has 0 aromatic heterocycles. The van der Waals surface area contributed by atoms with Crippen molar-refractivity contribution in [3.05, 3.63) is 0 Å². The van der Waals surface area contributed by atoms with Gasteiger partial charge in [0, 0.05) is 12.1 Å². The molecule has 2 fully saturated rings. The number of hydrogen-bond donors (Lipinski definition) is 2. The summed E-state index contributed by atoms with van der Waals surface area (Å²) in [6, 6.07) is 0.428. The van der Waals surface area contributed by atoms with Crippen LogP contribution in [0.2, 0.25) is 0 Å². The Labute approximate surface area is 124 Å². The zero-order valence-electron chi connectivity index (χ0n) is 13.4. The molecular formula is C17H32N2O. The average Bonchev–Trinajstić information content (AvgIpc) is 2.38. The maximum atomic E-state index is 12.7. The molecule has 0 bridgehead atoms. The smallest absolute Gasteiger partial charge is 0.225 e. The standard InChI is InChI=1S/C17H32N2O/c1-11(2)13-8-4-5-10-15(13)19-17(20)16-12(3)7-6-9-14(16)18/h11-16H,4-10,18H2,1-3H3,(H,19,20). The highest BCUT2D eigenvalue weighted by Crippen LogP contribution is 2.32. The summed E-state index contributed by atoms with van der Waals surface area (Å²) < 4.78 is 0. The van der Waals surface area contributed by atoms with E-state index in [1.165, 1.54) is 25.7 Å². The molecule has 20 heavy (non-hydrogen) atoms. The van der Waals surface area contributed by atoms with Crippen LogP contribution < -0.4 is 11.1 Å². The molecule has 0 aromatic rings. The monoisotopic (exact) mass is 280 g/mol. The van der Waals surface area contributed by atoms with Crippen LogP contribution in [0.15, 0.2) is 0 Å². The van der Waals surface area contributed by atoms with Gasteiger partial charge >= 0.3 is 0 Å². The van der Waals surface area contributed by atoms with E-state index in [2.05, 4.69) is 26.1 Å². The van der Waals surface area contributed by atoms with Crippen molar-refractivity contribution in [2.24, 2.45) is 29.4 Å². The SMILES string of the molecule is CC(C)C1CCCCC1NC(=O)C1C(C)CCCC1N. The molecule has 3 heteroatoms. The number of rotatable bonds is 3. The van der Waals surface area contributed by atoms with Crippen molar-refractivity contribution in [3.63, 3.8) is 0 Å². The molecule has 2 saturated carbocycles. The maximum absolute atomic E-state index is 12.7. The summed E-state index contributed by atoms with van der Waals surface area (Å²) in [5.74, 6) is 1.97. The first-order valence-electron chi connectivity index (χ1n) is 8.56. The van der Waals surface area contributed by atoms with Crippen LogP contribution in [0.25, 0.3) is 0 Å². The van der Waals surface area contributed by atoms with E-state index in [0.717, 1.165) is 19.3 Å². The van der Waals surface area contributed by atoms with Gasteiger partial charge in [-0.25, -0.2) is 0 Å². The van der Waals surface area contributed by atoms with E-state index in [-0.39, 0.29) is 17.9 Å². The molecule has 2 rings (SSSR count). The first kappa shape index (κ1) is 15.8. The second kappa shape index (κ2) is 6.93. The van der Waals surface area contributed by atoms with Crippen molar-refractivity contribution >= 4 is 5.91 Å². The lowest BCUT2D eigenvalue weighted by Gasteiger charge is -2.38. The van der Waals surface area contributed by atoms with Crippen molar-refractivity contribution in [2.45, 2.75) is 77.8 Å². The fraction of sp³-hybridized carbons (Fsp3) is 0.941. The van der Waals surface area contributed by atoms with Gasteiger partial charge in [0.2, 0.25) is 5.91 Å². The van der Waals surface area contributed by atoms with Crippen LogP contribution in [-0.2, 0) is 4.79 Å². The van der Waals surface area contributed by atoms with Gasteiger partial charge in [-0.2, -0.15) is 0 Å². The fourth-order valence-electron chi connectivity index (χ4n) is 4.33. The number of carbonyl (C=O) groups excluding carboxylic acids is 1. The van der Waals surface area contributed by atoms with Crippen molar-refractivity contribution < 1.29 is 4.79 Å². The van der Waals surface area contributed by atoms with Gasteiger partial charge in [0.1, 0.15) is 0 Å². The molecule has 0 saturated heterocycles. The highest BCUT2D eigenvalue weighted by Gasteiger charge is 2.36. The zero-order chi connectivity index (χ0) is 14.7. The second-order valence-corrected chi connectivity index (χ2v) is 7.41. The van der Waals surface area contributed by atoms with E-state index in [1.807, 2.05) is 0 Å². The van der Waals surface area contributed by atoms with Crippen LogP contribution in [0.4, 0.5) is 0 Å². The summed E-state index contributed by atoms with van der Waals surface area (Å²) in [5.41, 5.74) is 6.21. The molecule has 3 nitrogen and oxygen atoms in total. The number of amides is 1. The van der Waals surface area contributed by atoms with Crippen molar-refractivity contribution in [1.29, 1.82) is 0 Å². The van der Waals surface area contributed by atoms with Crippen molar-refractivity contribution in [2.75, 3.05) is 0 Å². The van der Waals surface area contributed by atoms with Crippen LogP contribution in [-0.4, -0.2) is 18.0 Å². The van der Waals surface area contributed by atoms with Gasteiger partial charge < -0.3 is 11.1 Å². The van der Waals surface area contributed by atoms with Crippen LogP contribution in [0.1, 0.15) is 65.7 Å². The normalized spacial score (nSPS) is 38.8. The molecule has 0 heterocycles. The molecule has 0 aliphatic heterocycles. The Morgan fingerprint density at radius 1 is 1.10 bits per heavy atom. The molecule has 116 valence electrons. The number of carbonyl (C=O) groups is 1. The molecule has 0 aromatic carbocycles. The minimum absolute atomic E-state index is 0.0264. The van der Waals surface area contributed by atoms with Gasteiger partial charge in [0.05, 0.1) is 5.92 Å². The Hall–Kier alpha value is -0.570. The predicted molar refractivity (Wildman–Crippen MR) is 83.2 cm³/mol. The van der Waals surface area contributed by atoms with Crippen molar-refractivity contribution in [1.82, 2.24) is 5.32 Å². The van der Waals surface area contributed by atoms with Crippen LogP contribution in [0.3, 0.4) is 0 Å². The number of nitrogens with two attached hydrogens (primary N) is 1. The summed E-state index contributed by atoms with van der Waals surface area (Å²) >= 11 is 0. The third-order valence-corrected chi connectivity index (χ3v) is 5.58. The molecule has 2 aliphatic rings. The van der Waals surface area contributed by atoms with E-state index >= 15 is 0 Å². The average molecular weight is 280 g/mol. The molecule has 0 spiro atoms. The second-order valence-electron chi connectivity index (χ2n) is 7.41. The van der Waals surface area contributed by atoms with E-state index in [4.69, 9.17) is 5.73 Å². The molecule has 3 N–H and O–H groups in total. The molecule has 5 atom stereocenters. The van der Waals surface area contributed by atoms with E-state index in [9.17, 15) is 4.79 Å². The van der Waals surface area contributed by atoms with Gasteiger partial charge in [0.15, 0.2) is 0 Å². The Morgan fingerprint density at radius 3 is 2.45 bits per heavy atom. The van der Waals surface area contributed by atoms with Gasteiger partial charge in [0.25, 0.3) is 0 Å². The van der Waals surface area contributed by atoms with E-state index in [1.54, 1.807) is 0 Å². The summed E-state index contributed by atoms with van der Waals surface area (Å²) in [5, 5.41) is 3.36. The minimum atomic E-state index is 0.0264. The Kier molecular flexibility index (Phi) is 5.48. The summed E-state index contributed by atoms with van der Waals surface area (Å²) in [7, 11) is 0. The Balaban J connectivity index is 1.98. The lowest BCUT2D eigenvalue weighted by molar-refractivity contribution is -0.129. The first-order chi connectivity index (χ1) is 9.50. The third-order valence-electron chi connectivity index (χ3n) is 5.58. The number of hydrogen-bond acceptors (Lipinski definition) is 2. The Morgan fingerprint density at radius 2 is 1.80 bits per heavy atom. The molecule has 0 radical (unpaired) electrons. The molecule has 1 amide bonds. The highest BCUT2D eigenvalue weighted by atomic mass is 16.2. The highest BCUT2D eigenvalue weighted by molar-refractivity contribution is 5.80. The first-order valence-corrected chi connectivity index (χ1v) is 8.56. The Bertz CT molecular complexity index is 319. The van der Waals surface area contributed by atoms with E-state index in [0.29, 0.717) is 23.8 Å². The quantitative estimate of drug-likeness (QED) is 0.834. The van der Waals surface area contributed by atoms with Gasteiger partial charge in [-0.3, -0.25) is 4.79 Å². The van der Waals surface area contributed by atoms with Crippen molar-refractivity contribution in [3.8, 4) is 0 Å². The fourth-order valence-corrected chi connectivity index (χ4v) is 4.33. The largest absolute Gasteiger partial charge is 0.353 e. The predicted octanol–water partition coefficient (Wildman–Crippen LogP) is 3.08. The summed E-state index contributed by atoms with van der Waals surface area (Å²) in [6.45, 7) is 6.75. The van der Waals surface area contributed by atoms with Gasteiger partial charge in [-0.1, -0.05) is 40.0 Å². The molecular weight excluding hydrogens is 248 g/mol. The third kappa shape index (κ3) is 3.55. The lowest BCUT2D eigenvalue weighted by atomic mass is 9.75. The van der Waals surface area contributed by atoms with Crippen LogP contribution in [0.5, 0.6) is 0 Å². The zero-order valence-corrected chi connectivity index (χ0v) is 13.4. The number of nitrogens with one attached hydrogen (secondary N) is 1. The van der Waals surface area contributed by atoms with Crippen LogP contribution in [0, 0.1) is 23.7 Å². The maximum Gasteiger partial charge on any atom is 0.225 e. The lowest BCUT2D eigenvalue weighted by Crippen LogP contribution is -2.52. The van der Waals surface area contributed by atoms with E-state index < -0.39 is 0 Å². The molecule has 2 aliphatic carbocycles. The van der Waals surface area contributed by atoms with Gasteiger partial charge in [-0.15, -0.1) is 0 Å². The molecule has 5 unspecified atom stereocenters. The minimum Gasteiger partial charge on any atom is -0.353 e. The van der Waals surface area contributed by atoms with Crippen LogP contribution >= 0.6 is 0 Å².